The highest BCUT2D eigenvalue weighted by Gasteiger charge is 2.22. The van der Waals surface area contributed by atoms with Gasteiger partial charge in [0, 0.05) is 31.0 Å². The van der Waals surface area contributed by atoms with Crippen LogP contribution in [0.25, 0.3) is 0 Å². The third-order valence-corrected chi connectivity index (χ3v) is 3.87. The summed E-state index contributed by atoms with van der Waals surface area (Å²) in [6, 6.07) is 7.56. The van der Waals surface area contributed by atoms with Crippen LogP contribution in [0.5, 0.6) is 5.75 Å². The van der Waals surface area contributed by atoms with Crippen LogP contribution in [0, 0.1) is 5.41 Å². The van der Waals surface area contributed by atoms with Gasteiger partial charge < -0.3 is 15.0 Å². The lowest BCUT2D eigenvalue weighted by atomic mass is 9.96. The van der Waals surface area contributed by atoms with E-state index in [0.717, 1.165) is 11.3 Å². The fourth-order valence-corrected chi connectivity index (χ4v) is 2.16. The summed E-state index contributed by atoms with van der Waals surface area (Å²) < 4.78 is 5.35. The van der Waals surface area contributed by atoms with Crippen LogP contribution >= 0.6 is 0 Å². The van der Waals surface area contributed by atoms with Gasteiger partial charge in [-0.2, -0.15) is 0 Å². The van der Waals surface area contributed by atoms with Crippen LogP contribution in [0.1, 0.15) is 45.7 Å². The molecule has 0 heterocycles. The zero-order valence-electron chi connectivity index (χ0n) is 15.0. The number of benzene rings is 1. The number of carbonyl (C=O) groups excluding carboxylic acids is 2. The molecule has 23 heavy (non-hydrogen) atoms. The Morgan fingerprint density at radius 1 is 1.26 bits per heavy atom. The van der Waals surface area contributed by atoms with Crippen LogP contribution in [-0.2, 0) is 9.59 Å². The van der Waals surface area contributed by atoms with Gasteiger partial charge in [0.05, 0.1) is 13.2 Å². The highest BCUT2D eigenvalue weighted by molar-refractivity contribution is 5.82. The quantitative estimate of drug-likeness (QED) is 0.877. The lowest BCUT2D eigenvalue weighted by molar-refractivity contribution is -0.132. The molecule has 0 aliphatic heterocycles. The molecule has 1 N–H and O–H groups in total. The van der Waals surface area contributed by atoms with Crippen LogP contribution in [0.3, 0.4) is 0 Å². The normalized spacial score (nSPS) is 12.4. The van der Waals surface area contributed by atoms with Crippen molar-refractivity contribution in [2.75, 3.05) is 20.7 Å². The molecule has 1 atom stereocenters. The zero-order chi connectivity index (χ0) is 17.6. The van der Waals surface area contributed by atoms with Gasteiger partial charge in [-0.3, -0.25) is 9.59 Å². The average molecular weight is 320 g/mol. The van der Waals surface area contributed by atoms with Crippen molar-refractivity contribution in [2.45, 2.75) is 40.2 Å². The zero-order valence-corrected chi connectivity index (χ0v) is 15.0. The molecule has 0 aliphatic carbocycles. The van der Waals surface area contributed by atoms with E-state index in [2.05, 4.69) is 5.32 Å². The average Bonchev–Trinajstić information content (AvgIpc) is 2.52. The summed E-state index contributed by atoms with van der Waals surface area (Å²) in [6.45, 7) is 7.85. The Morgan fingerprint density at radius 2 is 1.87 bits per heavy atom. The highest BCUT2D eigenvalue weighted by Crippen LogP contribution is 2.28. The van der Waals surface area contributed by atoms with E-state index in [1.807, 2.05) is 52.0 Å². The van der Waals surface area contributed by atoms with Crippen molar-refractivity contribution in [1.29, 1.82) is 0 Å². The number of hydrogen-bond donors (Lipinski definition) is 1. The molecule has 128 valence electrons. The van der Waals surface area contributed by atoms with Crippen LogP contribution in [0.15, 0.2) is 24.3 Å². The van der Waals surface area contributed by atoms with E-state index in [1.165, 1.54) is 0 Å². The smallest absolute Gasteiger partial charge is 0.225 e. The molecule has 1 aromatic rings. The van der Waals surface area contributed by atoms with Crippen LogP contribution in [0.2, 0.25) is 0 Å². The molecule has 0 bridgehead atoms. The number of amides is 2. The fraction of sp³-hybridized carbons (Fsp3) is 0.556. The maximum Gasteiger partial charge on any atom is 0.225 e. The monoisotopic (exact) mass is 320 g/mol. The van der Waals surface area contributed by atoms with Crippen molar-refractivity contribution in [3.63, 3.8) is 0 Å². The highest BCUT2D eigenvalue weighted by atomic mass is 16.5. The van der Waals surface area contributed by atoms with Gasteiger partial charge in [0.25, 0.3) is 0 Å². The molecular formula is C18H28N2O3. The maximum atomic E-state index is 12.3. The third kappa shape index (κ3) is 5.27. The third-order valence-electron chi connectivity index (χ3n) is 3.87. The molecule has 2 amide bonds. The first kappa shape index (κ1) is 19.0. The number of carbonyl (C=O) groups is 2. The van der Waals surface area contributed by atoms with Crippen molar-refractivity contribution in [2.24, 2.45) is 5.41 Å². The largest absolute Gasteiger partial charge is 0.496 e. The molecule has 0 aromatic heterocycles. The number of hydrogen-bond acceptors (Lipinski definition) is 3. The van der Waals surface area contributed by atoms with Gasteiger partial charge in [0.15, 0.2) is 0 Å². The number of ether oxygens (including phenoxy) is 1. The molecular weight excluding hydrogens is 292 g/mol. The number of methoxy groups -OCH3 is 1. The second-order valence-corrected chi connectivity index (χ2v) is 6.68. The van der Waals surface area contributed by atoms with Crippen molar-refractivity contribution >= 4 is 11.8 Å². The Hall–Kier alpha value is -2.04. The molecule has 0 saturated heterocycles. The van der Waals surface area contributed by atoms with Gasteiger partial charge in [0.2, 0.25) is 11.8 Å². The predicted octanol–water partition coefficient (Wildman–Crippen LogP) is 2.77. The molecule has 1 rings (SSSR count). The van der Waals surface area contributed by atoms with Crippen molar-refractivity contribution < 1.29 is 14.3 Å². The summed E-state index contributed by atoms with van der Waals surface area (Å²) in [5.74, 6) is 0.698. The van der Waals surface area contributed by atoms with Gasteiger partial charge in [0.1, 0.15) is 5.75 Å². The SMILES string of the molecule is COc1ccccc1C(C)N(C)C(=O)CCNC(=O)C(C)(C)C. The van der Waals surface area contributed by atoms with Crippen LogP contribution in [0.4, 0.5) is 0 Å². The van der Waals surface area contributed by atoms with E-state index in [4.69, 9.17) is 4.74 Å². The van der Waals surface area contributed by atoms with Gasteiger partial charge >= 0.3 is 0 Å². The lowest BCUT2D eigenvalue weighted by Gasteiger charge is -2.27. The lowest BCUT2D eigenvalue weighted by Crippen LogP contribution is -2.38. The summed E-state index contributed by atoms with van der Waals surface area (Å²) in [5.41, 5.74) is 0.518. The predicted molar refractivity (Wildman–Crippen MR) is 91.3 cm³/mol. The fourth-order valence-electron chi connectivity index (χ4n) is 2.16. The van der Waals surface area contributed by atoms with E-state index in [-0.39, 0.29) is 24.3 Å². The summed E-state index contributed by atoms with van der Waals surface area (Å²) in [6.07, 6.45) is 0.276. The van der Waals surface area contributed by atoms with Gasteiger partial charge in [-0.05, 0) is 13.0 Å². The molecule has 1 aromatic carbocycles. The van der Waals surface area contributed by atoms with Gasteiger partial charge in [-0.15, -0.1) is 0 Å². The van der Waals surface area contributed by atoms with E-state index in [9.17, 15) is 9.59 Å². The molecule has 0 radical (unpaired) electrons. The topological polar surface area (TPSA) is 58.6 Å². The number of para-hydroxylation sites is 1. The van der Waals surface area contributed by atoms with E-state index in [1.54, 1.807) is 19.1 Å². The Bertz CT molecular complexity index is 549. The van der Waals surface area contributed by atoms with Crippen molar-refractivity contribution in [3.05, 3.63) is 29.8 Å². The summed E-state index contributed by atoms with van der Waals surface area (Å²) in [5, 5.41) is 2.80. The Balaban J connectivity index is 2.61. The van der Waals surface area contributed by atoms with Crippen molar-refractivity contribution in [1.82, 2.24) is 10.2 Å². The molecule has 5 nitrogen and oxygen atoms in total. The van der Waals surface area contributed by atoms with Crippen LogP contribution in [-0.4, -0.2) is 37.4 Å². The Morgan fingerprint density at radius 3 is 2.43 bits per heavy atom. The Labute approximate surface area is 139 Å². The van der Waals surface area contributed by atoms with E-state index in [0.29, 0.717) is 6.54 Å². The Kier molecular flexibility index (Phi) is 6.61. The first-order chi connectivity index (χ1) is 10.7. The molecule has 5 heteroatoms. The molecule has 0 spiro atoms. The van der Waals surface area contributed by atoms with E-state index >= 15 is 0 Å². The molecule has 0 fully saturated rings. The van der Waals surface area contributed by atoms with E-state index < -0.39 is 5.41 Å². The first-order valence-electron chi connectivity index (χ1n) is 7.85. The minimum Gasteiger partial charge on any atom is -0.496 e. The second kappa shape index (κ2) is 7.99. The van der Waals surface area contributed by atoms with Crippen molar-refractivity contribution in [3.8, 4) is 5.75 Å². The van der Waals surface area contributed by atoms with Crippen LogP contribution < -0.4 is 10.1 Å². The summed E-state index contributed by atoms with van der Waals surface area (Å²) in [7, 11) is 3.39. The number of nitrogens with zero attached hydrogens (tertiary/aromatic N) is 1. The molecule has 0 saturated carbocycles. The second-order valence-electron chi connectivity index (χ2n) is 6.68. The molecule has 1 unspecified atom stereocenters. The minimum absolute atomic E-state index is 0.0161. The number of nitrogens with one attached hydrogen (secondary N) is 1. The standard InChI is InChI=1S/C18H28N2O3/c1-13(14-9-7-8-10-15(14)23-6)20(5)16(21)11-12-19-17(22)18(2,3)4/h7-10,13H,11-12H2,1-6H3,(H,19,22). The summed E-state index contributed by atoms with van der Waals surface area (Å²) in [4.78, 5) is 25.8. The minimum atomic E-state index is -0.445. The first-order valence-corrected chi connectivity index (χ1v) is 7.85. The summed E-state index contributed by atoms with van der Waals surface area (Å²) >= 11 is 0. The van der Waals surface area contributed by atoms with Gasteiger partial charge in [-0.1, -0.05) is 39.0 Å². The molecule has 0 aliphatic rings. The maximum absolute atomic E-state index is 12.3. The number of rotatable bonds is 6. The van der Waals surface area contributed by atoms with Gasteiger partial charge in [-0.25, -0.2) is 0 Å².